The Morgan fingerprint density at radius 2 is 2.11 bits per heavy atom. The van der Waals surface area contributed by atoms with E-state index < -0.39 is 0 Å². The lowest BCUT2D eigenvalue weighted by molar-refractivity contribution is 1.00. The standard InChI is InChI=1S/C17H15N/c1-3-17-13-16(12-14(2)18-17)11-10-15-8-6-4-5-7-9-15/h4,6-9,12-13H,3H2,1-2H3. The average Bonchev–Trinajstić information content (AvgIpc) is 2.64. The molecule has 0 aromatic carbocycles. The van der Waals surface area contributed by atoms with Gasteiger partial charge in [0.25, 0.3) is 0 Å². The fourth-order valence-electron chi connectivity index (χ4n) is 1.67. The number of nitrogens with zero attached hydrogens (tertiary/aromatic N) is 1. The molecule has 2 rings (SSSR count). The zero-order chi connectivity index (χ0) is 12.8. The Morgan fingerprint density at radius 3 is 2.94 bits per heavy atom. The number of hydrogen-bond acceptors (Lipinski definition) is 1. The first-order valence-electron chi connectivity index (χ1n) is 6.07. The van der Waals surface area contributed by atoms with E-state index in [0.717, 1.165) is 28.9 Å². The van der Waals surface area contributed by atoms with E-state index in [2.05, 4.69) is 35.5 Å². The highest BCUT2D eigenvalue weighted by Gasteiger charge is 1.96. The Labute approximate surface area is 108 Å². The minimum atomic E-state index is 0.936. The number of hydrogen-bond donors (Lipinski definition) is 0. The smallest absolute Gasteiger partial charge is 0.0416 e. The van der Waals surface area contributed by atoms with Crippen LogP contribution in [0.3, 0.4) is 0 Å². The molecule has 0 saturated carbocycles. The molecule has 0 N–H and O–H groups in total. The summed E-state index contributed by atoms with van der Waals surface area (Å²) >= 11 is 0. The van der Waals surface area contributed by atoms with Gasteiger partial charge in [-0.1, -0.05) is 24.8 Å². The van der Waals surface area contributed by atoms with Crippen molar-refractivity contribution in [3.63, 3.8) is 0 Å². The first kappa shape index (κ1) is 12.2. The van der Waals surface area contributed by atoms with Gasteiger partial charge in [-0.25, -0.2) is 0 Å². The lowest BCUT2D eigenvalue weighted by Gasteiger charge is -1.99. The minimum absolute atomic E-state index is 0.936. The summed E-state index contributed by atoms with van der Waals surface area (Å²) in [5.41, 5.74) is 7.13. The molecule has 0 unspecified atom stereocenters. The second-order valence-electron chi connectivity index (χ2n) is 4.07. The predicted molar refractivity (Wildman–Crippen MR) is 75.1 cm³/mol. The molecule has 0 radical (unpaired) electrons. The summed E-state index contributed by atoms with van der Waals surface area (Å²) < 4.78 is 0. The zero-order valence-electron chi connectivity index (χ0n) is 10.7. The summed E-state index contributed by atoms with van der Waals surface area (Å²) in [6, 6.07) is 4.07. The molecule has 88 valence electrons. The van der Waals surface area contributed by atoms with Crippen molar-refractivity contribution in [1.82, 2.24) is 4.98 Å². The number of pyridine rings is 1. The molecule has 1 heteroatoms. The first-order chi connectivity index (χ1) is 8.78. The van der Waals surface area contributed by atoms with Crippen LogP contribution in [0.1, 0.15) is 23.9 Å². The topological polar surface area (TPSA) is 12.9 Å². The molecule has 0 bridgehead atoms. The number of aromatic nitrogens is 1. The molecule has 1 aliphatic carbocycles. The van der Waals surface area contributed by atoms with Gasteiger partial charge in [0.05, 0.1) is 0 Å². The fraction of sp³-hybridized carbons (Fsp3) is 0.176. The molecule has 0 amide bonds. The van der Waals surface area contributed by atoms with E-state index >= 15 is 0 Å². The summed E-state index contributed by atoms with van der Waals surface area (Å²) in [5, 5.41) is 0. The van der Waals surface area contributed by atoms with Crippen LogP contribution < -0.4 is 0 Å². The second kappa shape index (κ2) is 5.87. The van der Waals surface area contributed by atoms with E-state index in [1.165, 1.54) is 0 Å². The van der Waals surface area contributed by atoms with Gasteiger partial charge in [-0.05, 0) is 49.8 Å². The van der Waals surface area contributed by atoms with Crippen LogP contribution in [-0.2, 0) is 6.42 Å². The van der Waals surface area contributed by atoms with E-state index in [0.29, 0.717) is 0 Å². The molecule has 0 fully saturated rings. The zero-order valence-corrected chi connectivity index (χ0v) is 10.7. The largest absolute Gasteiger partial charge is 0.258 e. The van der Waals surface area contributed by atoms with Gasteiger partial charge in [0.2, 0.25) is 0 Å². The van der Waals surface area contributed by atoms with Gasteiger partial charge in [-0.2, -0.15) is 0 Å². The van der Waals surface area contributed by atoms with Gasteiger partial charge in [-0.3, -0.25) is 4.98 Å². The van der Waals surface area contributed by atoms with Crippen molar-refractivity contribution in [2.45, 2.75) is 20.3 Å². The van der Waals surface area contributed by atoms with Crippen molar-refractivity contribution < 1.29 is 0 Å². The summed E-state index contributed by atoms with van der Waals surface area (Å²) in [6.45, 7) is 4.10. The lowest BCUT2D eigenvalue weighted by Crippen LogP contribution is -1.91. The van der Waals surface area contributed by atoms with Crippen LogP contribution in [-0.4, -0.2) is 4.98 Å². The molecule has 0 aliphatic heterocycles. The molecular formula is C17H15N. The van der Waals surface area contributed by atoms with Gasteiger partial charge in [0.1, 0.15) is 0 Å². The summed E-state index contributed by atoms with van der Waals surface area (Å²) in [7, 11) is 0. The third kappa shape index (κ3) is 3.35. The van der Waals surface area contributed by atoms with E-state index in [1.807, 2.05) is 43.4 Å². The van der Waals surface area contributed by atoms with Crippen LogP contribution >= 0.6 is 0 Å². The van der Waals surface area contributed by atoms with E-state index in [4.69, 9.17) is 0 Å². The quantitative estimate of drug-likeness (QED) is 0.534. The summed E-state index contributed by atoms with van der Waals surface area (Å²) in [6.07, 6.45) is 10.6. The first-order valence-corrected chi connectivity index (χ1v) is 6.07. The number of rotatable bonds is 1. The maximum atomic E-state index is 4.44. The second-order valence-corrected chi connectivity index (χ2v) is 4.07. The van der Waals surface area contributed by atoms with Crippen LogP contribution in [0, 0.1) is 18.8 Å². The van der Waals surface area contributed by atoms with Crippen molar-refractivity contribution >= 4 is 0 Å². The van der Waals surface area contributed by atoms with Gasteiger partial charge in [0, 0.05) is 22.5 Å². The Bertz CT molecular complexity index is 627. The van der Waals surface area contributed by atoms with E-state index in [1.54, 1.807) is 0 Å². The van der Waals surface area contributed by atoms with Gasteiger partial charge >= 0.3 is 0 Å². The monoisotopic (exact) mass is 233 g/mol. The average molecular weight is 233 g/mol. The lowest BCUT2D eigenvalue weighted by atomic mass is 10.1. The molecule has 1 aromatic rings. The maximum absolute atomic E-state index is 4.44. The summed E-state index contributed by atoms with van der Waals surface area (Å²) in [5.74, 6) is 6.35. The Hall–Kier alpha value is -2.29. The highest BCUT2D eigenvalue weighted by atomic mass is 14.7. The molecule has 1 aromatic heterocycles. The molecule has 1 aliphatic rings. The third-order valence-corrected chi connectivity index (χ3v) is 2.55. The van der Waals surface area contributed by atoms with Crippen LogP contribution in [0.15, 0.2) is 53.8 Å². The Morgan fingerprint density at radius 1 is 1.22 bits per heavy atom. The van der Waals surface area contributed by atoms with Crippen LogP contribution in [0.4, 0.5) is 0 Å². The fourth-order valence-corrected chi connectivity index (χ4v) is 1.67. The van der Waals surface area contributed by atoms with E-state index in [9.17, 15) is 0 Å². The predicted octanol–water partition coefficient (Wildman–Crippen LogP) is 3.51. The van der Waals surface area contributed by atoms with Crippen LogP contribution in [0.2, 0.25) is 0 Å². The van der Waals surface area contributed by atoms with Crippen molar-refractivity contribution in [2.24, 2.45) is 0 Å². The van der Waals surface area contributed by atoms with Crippen molar-refractivity contribution in [3.05, 3.63) is 70.8 Å². The molecule has 0 spiro atoms. The number of allylic oxidation sites excluding steroid dienone is 5. The van der Waals surface area contributed by atoms with Gasteiger partial charge < -0.3 is 0 Å². The van der Waals surface area contributed by atoms with E-state index in [-0.39, 0.29) is 0 Å². The van der Waals surface area contributed by atoms with Crippen molar-refractivity contribution in [3.8, 4) is 11.8 Å². The number of aryl methyl sites for hydroxylation is 2. The minimum Gasteiger partial charge on any atom is -0.258 e. The Kier molecular flexibility index (Phi) is 3.97. The molecule has 0 saturated heterocycles. The van der Waals surface area contributed by atoms with Crippen LogP contribution in [0.5, 0.6) is 0 Å². The van der Waals surface area contributed by atoms with Crippen LogP contribution in [0.25, 0.3) is 0 Å². The van der Waals surface area contributed by atoms with Crippen molar-refractivity contribution in [1.29, 1.82) is 0 Å². The molecular weight excluding hydrogens is 218 g/mol. The SMILES string of the molecule is CCc1cc(C#CC2=CC=C=CC=C2)cc(C)n1. The van der Waals surface area contributed by atoms with Gasteiger partial charge in [-0.15, -0.1) is 5.73 Å². The van der Waals surface area contributed by atoms with Crippen molar-refractivity contribution in [2.75, 3.05) is 0 Å². The summed E-state index contributed by atoms with van der Waals surface area (Å²) in [4.78, 5) is 4.44. The molecule has 1 heterocycles. The highest BCUT2D eigenvalue weighted by Crippen LogP contribution is 2.06. The van der Waals surface area contributed by atoms with Gasteiger partial charge in [0.15, 0.2) is 0 Å². The normalized spacial score (nSPS) is 12.7. The maximum Gasteiger partial charge on any atom is 0.0416 e. The third-order valence-electron chi connectivity index (χ3n) is 2.55. The molecule has 18 heavy (non-hydrogen) atoms. The highest BCUT2D eigenvalue weighted by molar-refractivity contribution is 5.48. The Balaban J connectivity index is 2.27. The molecule has 1 nitrogen and oxygen atoms in total. The molecule has 0 atom stereocenters.